The fraction of sp³-hybridized carbons (Fsp3) is 0.478. The van der Waals surface area contributed by atoms with Crippen molar-refractivity contribution in [3.63, 3.8) is 0 Å². The highest BCUT2D eigenvalue weighted by molar-refractivity contribution is 5.81. The number of amides is 1. The van der Waals surface area contributed by atoms with Crippen LogP contribution in [0.3, 0.4) is 0 Å². The van der Waals surface area contributed by atoms with Crippen LogP contribution in [0.1, 0.15) is 52.2 Å². The third kappa shape index (κ3) is 5.82. The summed E-state index contributed by atoms with van der Waals surface area (Å²) >= 11 is 0. The summed E-state index contributed by atoms with van der Waals surface area (Å²) < 4.78 is 14.4. The molecule has 0 fully saturated rings. The molecule has 0 aliphatic carbocycles. The lowest BCUT2D eigenvalue weighted by Crippen LogP contribution is -2.30. The molecule has 0 spiro atoms. The molecule has 10 nitrogen and oxygen atoms in total. The van der Waals surface area contributed by atoms with Gasteiger partial charge in [0.15, 0.2) is 0 Å². The number of hydrogen-bond acceptors (Lipinski definition) is 7. The number of fused-ring (bicyclic) bond motifs is 1. The first-order chi connectivity index (χ1) is 15.9. The van der Waals surface area contributed by atoms with Gasteiger partial charge in [0, 0.05) is 42.5 Å². The number of ether oxygens (including phenoxy) is 3. The first kappa shape index (κ1) is 24.1. The van der Waals surface area contributed by atoms with Crippen molar-refractivity contribution in [2.24, 2.45) is 0 Å². The summed E-state index contributed by atoms with van der Waals surface area (Å²) in [5.41, 5.74) is 6.02. The molecule has 1 aliphatic rings. The number of rotatable bonds is 10. The molecule has 2 aromatic heterocycles. The Bertz CT molecular complexity index is 1050. The van der Waals surface area contributed by atoms with E-state index in [4.69, 9.17) is 14.2 Å². The second-order valence-corrected chi connectivity index (χ2v) is 7.85. The summed E-state index contributed by atoms with van der Waals surface area (Å²) in [6.45, 7) is 0.392. The van der Waals surface area contributed by atoms with Crippen molar-refractivity contribution in [1.82, 2.24) is 15.3 Å². The third-order valence-corrected chi connectivity index (χ3v) is 5.90. The SMILES string of the molecule is COC(=O)CCc1c[nH]c(Cc2[nH]c3c(c2CCC(=O)OC)CC(=O)NC3)c1CC(=O)OC. The number of methoxy groups -OCH3 is 3. The highest BCUT2D eigenvalue weighted by Crippen LogP contribution is 2.28. The van der Waals surface area contributed by atoms with Crippen molar-refractivity contribution in [1.29, 1.82) is 0 Å². The van der Waals surface area contributed by atoms with Gasteiger partial charge in [0.2, 0.25) is 5.91 Å². The van der Waals surface area contributed by atoms with Gasteiger partial charge in [0.05, 0.1) is 40.7 Å². The molecule has 3 rings (SSSR count). The quantitative estimate of drug-likeness (QED) is 0.356. The molecule has 178 valence electrons. The molecule has 0 bridgehead atoms. The predicted octanol–water partition coefficient (Wildman–Crippen LogP) is 1.03. The standard InChI is InChI=1S/C23H29N3O7/c1-31-21(28)6-4-13-11-24-17(15(13)9-23(30)33-3)10-18-14(5-7-22(29)32-2)16-8-20(27)25-12-19(16)26-18/h11,24,26H,4-10,12H2,1-3H3,(H,25,27). The Kier molecular flexibility index (Phi) is 7.92. The maximum Gasteiger partial charge on any atom is 0.310 e. The van der Waals surface area contributed by atoms with Gasteiger partial charge < -0.3 is 29.5 Å². The largest absolute Gasteiger partial charge is 0.469 e. The van der Waals surface area contributed by atoms with E-state index in [-0.39, 0.29) is 49.5 Å². The zero-order valence-electron chi connectivity index (χ0n) is 19.1. The van der Waals surface area contributed by atoms with E-state index in [0.29, 0.717) is 25.8 Å². The zero-order chi connectivity index (χ0) is 24.0. The van der Waals surface area contributed by atoms with Gasteiger partial charge in [0.25, 0.3) is 0 Å². The van der Waals surface area contributed by atoms with E-state index in [1.54, 1.807) is 6.20 Å². The Balaban J connectivity index is 1.93. The fourth-order valence-corrected chi connectivity index (χ4v) is 4.13. The summed E-state index contributed by atoms with van der Waals surface area (Å²) in [5, 5.41) is 2.83. The fourth-order valence-electron chi connectivity index (χ4n) is 4.13. The van der Waals surface area contributed by atoms with Crippen LogP contribution < -0.4 is 5.32 Å². The number of nitrogens with one attached hydrogen (secondary N) is 3. The van der Waals surface area contributed by atoms with Crippen LogP contribution in [0.15, 0.2) is 6.20 Å². The molecule has 0 saturated heterocycles. The third-order valence-electron chi connectivity index (χ3n) is 5.90. The summed E-state index contributed by atoms with van der Waals surface area (Å²) in [6.07, 6.45) is 3.77. The molecule has 10 heteroatoms. The maximum absolute atomic E-state index is 12.1. The number of aryl methyl sites for hydroxylation is 1. The Morgan fingerprint density at radius 1 is 0.909 bits per heavy atom. The number of carbonyl (C=O) groups is 4. The van der Waals surface area contributed by atoms with E-state index in [0.717, 1.165) is 39.3 Å². The van der Waals surface area contributed by atoms with Gasteiger partial charge >= 0.3 is 17.9 Å². The lowest BCUT2D eigenvalue weighted by Gasteiger charge is -2.14. The van der Waals surface area contributed by atoms with Crippen molar-refractivity contribution in [3.8, 4) is 0 Å². The van der Waals surface area contributed by atoms with Crippen LogP contribution in [0, 0.1) is 0 Å². The smallest absolute Gasteiger partial charge is 0.310 e. The Hall–Kier alpha value is -3.56. The number of hydrogen-bond donors (Lipinski definition) is 3. The van der Waals surface area contributed by atoms with Crippen molar-refractivity contribution in [3.05, 3.63) is 45.5 Å². The van der Waals surface area contributed by atoms with Crippen LogP contribution in [0.25, 0.3) is 0 Å². The van der Waals surface area contributed by atoms with Gasteiger partial charge in [-0.3, -0.25) is 19.2 Å². The van der Waals surface area contributed by atoms with Crippen LogP contribution in [0.5, 0.6) is 0 Å². The van der Waals surface area contributed by atoms with Crippen LogP contribution >= 0.6 is 0 Å². The van der Waals surface area contributed by atoms with Gasteiger partial charge in [-0.05, 0) is 35.1 Å². The van der Waals surface area contributed by atoms with Gasteiger partial charge in [-0.1, -0.05) is 0 Å². The van der Waals surface area contributed by atoms with E-state index in [9.17, 15) is 19.2 Å². The molecule has 0 saturated carbocycles. The molecular weight excluding hydrogens is 430 g/mol. The topological polar surface area (TPSA) is 140 Å². The minimum Gasteiger partial charge on any atom is -0.469 e. The van der Waals surface area contributed by atoms with Crippen molar-refractivity contribution in [2.45, 2.75) is 51.5 Å². The molecule has 0 atom stereocenters. The van der Waals surface area contributed by atoms with E-state index >= 15 is 0 Å². The van der Waals surface area contributed by atoms with Crippen molar-refractivity contribution in [2.75, 3.05) is 21.3 Å². The number of aromatic nitrogens is 2. The Labute approximate surface area is 191 Å². The van der Waals surface area contributed by atoms with E-state index in [1.807, 2.05) is 0 Å². The Morgan fingerprint density at radius 2 is 1.58 bits per heavy atom. The van der Waals surface area contributed by atoms with Gasteiger partial charge in [-0.15, -0.1) is 0 Å². The molecule has 0 unspecified atom stereocenters. The first-order valence-corrected chi connectivity index (χ1v) is 10.7. The highest BCUT2D eigenvalue weighted by atomic mass is 16.5. The predicted molar refractivity (Wildman–Crippen MR) is 116 cm³/mol. The minimum atomic E-state index is -0.387. The lowest BCUT2D eigenvalue weighted by atomic mass is 9.95. The zero-order valence-corrected chi connectivity index (χ0v) is 19.1. The van der Waals surface area contributed by atoms with Crippen LogP contribution in [0.4, 0.5) is 0 Å². The second-order valence-electron chi connectivity index (χ2n) is 7.85. The average Bonchev–Trinajstić information content (AvgIpc) is 3.35. The van der Waals surface area contributed by atoms with Gasteiger partial charge in [-0.25, -0.2) is 0 Å². The molecule has 3 heterocycles. The molecule has 0 aromatic carbocycles. The number of aromatic amines is 2. The minimum absolute atomic E-state index is 0.0593. The first-order valence-electron chi connectivity index (χ1n) is 10.7. The number of esters is 3. The molecule has 3 N–H and O–H groups in total. The summed E-state index contributed by atoms with van der Waals surface area (Å²) in [7, 11) is 4.01. The monoisotopic (exact) mass is 459 g/mol. The van der Waals surface area contributed by atoms with E-state index in [2.05, 4.69) is 15.3 Å². The molecule has 0 radical (unpaired) electrons. The van der Waals surface area contributed by atoms with Crippen LogP contribution in [-0.4, -0.2) is 55.1 Å². The molecule has 1 aliphatic heterocycles. The lowest BCUT2D eigenvalue weighted by molar-refractivity contribution is -0.141. The van der Waals surface area contributed by atoms with E-state index in [1.165, 1.54) is 21.3 Å². The molecule has 1 amide bonds. The molecular formula is C23H29N3O7. The van der Waals surface area contributed by atoms with Crippen molar-refractivity contribution >= 4 is 23.8 Å². The Morgan fingerprint density at radius 3 is 2.24 bits per heavy atom. The summed E-state index contributed by atoms with van der Waals surface area (Å²) in [5.74, 6) is -1.11. The highest BCUT2D eigenvalue weighted by Gasteiger charge is 2.25. The summed E-state index contributed by atoms with van der Waals surface area (Å²) in [6, 6.07) is 0. The normalized spacial score (nSPS) is 12.6. The summed E-state index contributed by atoms with van der Waals surface area (Å²) in [4.78, 5) is 54.1. The number of carbonyl (C=O) groups excluding carboxylic acids is 4. The van der Waals surface area contributed by atoms with Crippen LogP contribution in [-0.2, 0) is 72.0 Å². The number of H-pyrrole nitrogens is 2. The van der Waals surface area contributed by atoms with Crippen molar-refractivity contribution < 1.29 is 33.4 Å². The molecule has 33 heavy (non-hydrogen) atoms. The average molecular weight is 459 g/mol. The maximum atomic E-state index is 12.1. The molecule has 2 aromatic rings. The van der Waals surface area contributed by atoms with E-state index < -0.39 is 0 Å². The second kappa shape index (κ2) is 10.8. The van der Waals surface area contributed by atoms with Crippen LogP contribution in [0.2, 0.25) is 0 Å². The van der Waals surface area contributed by atoms with Gasteiger partial charge in [0.1, 0.15) is 0 Å². The van der Waals surface area contributed by atoms with Gasteiger partial charge in [-0.2, -0.15) is 0 Å².